The third-order valence-electron chi connectivity index (χ3n) is 4.28. The molecular formula is C19H21N3O3S. The number of pyridine rings is 1. The Morgan fingerprint density at radius 2 is 1.85 bits per heavy atom. The molecule has 0 bridgehead atoms. The zero-order valence-electron chi connectivity index (χ0n) is 14.3. The Morgan fingerprint density at radius 1 is 1.12 bits per heavy atom. The average Bonchev–Trinajstić information content (AvgIpc) is 2.68. The zero-order valence-corrected chi connectivity index (χ0v) is 15.1. The lowest BCUT2D eigenvalue weighted by Crippen LogP contribution is -2.46. The Kier molecular flexibility index (Phi) is 5.80. The van der Waals surface area contributed by atoms with Crippen LogP contribution in [0, 0.1) is 0 Å². The van der Waals surface area contributed by atoms with Crippen molar-refractivity contribution >= 4 is 22.0 Å². The van der Waals surface area contributed by atoms with Crippen LogP contribution in [0.25, 0.3) is 6.08 Å². The summed E-state index contributed by atoms with van der Waals surface area (Å²) < 4.78 is 27.5. The van der Waals surface area contributed by atoms with Crippen molar-refractivity contribution in [3.8, 4) is 0 Å². The molecule has 1 amide bonds. The highest BCUT2D eigenvalue weighted by Crippen LogP contribution is 2.15. The van der Waals surface area contributed by atoms with E-state index in [-0.39, 0.29) is 16.8 Å². The summed E-state index contributed by atoms with van der Waals surface area (Å²) in [5.74, 6) is -0.0711. The molecule has 1 N–H and O–H groups in total. The van der Waals surface area contributed by atoms with E-state index in [2.05, 4.69) is 9.71 Å². The lowest BCUT2D eigenvalue weighted by atomic mass is 10.1. The second-order valence-electron chi connectivity index (χ2n) is 6.15. The van der Waals surface area contributed by atoms with E-state index < -0.39 is 10.0 Å². The van der Waals surface area contributed by atoms with Crippen LogP contribution in [-0.2, 0) is 14.8 Å². The van der Waals surface area contributed by atoms with Gasteiger partial charge in [-0.2, -0.15) is 0 Å². The van der Waals surface area contributed by atoms with Crippen molar-refractivity contribution in [1.29, 1.82) is 0 Å². The van der Waals surface area contributed by atoms with Gasteiger partial charge in [0.05, 0.1) is 4.90 Å². The summed E-state index contributed by atoms with van der Waals surface area (Å²) in [5.41, 5.74) is 0.867. The number of amides is 1. The summed E-state index contributed by atoms with van der Waals surface area (Å²) in [5, 5.41) is 0. The molecule has 2 heterocycles. The molecule has 0 saturated carbocycles. The van der Waals surface area contributed by atoms with Gasteiger partial charge in [-0.1, -0.05) is 24.3 Å². The molecule has 0 atom stereocenters. The zero-order chi connectivity index (χ0) is 18.4. The van der Waals surface area contributed by atoms with Crippen molar-refractivity contribution < 1.29 is 13.2 Å². The predicted molar refractivity (Wildman–Crippen MR) is 99.6 cm³/mol. The summed E-state index contributed by atoms with van der Waals surface area (Å²) >= 11 is 0. The summed E-state index contributed by atoms with van der Waals surface area (Å²) in [7, 11) is -3.52. The second-order valence-corrected chi connectivity index (χ2v) is 7.87. The van der Waals surface area contributed by atoms with Gasteiger partial charge < -0.3 is 4.90 Å². The molecule has 136 valence electrons. The van der Waals surface area contributed by atoms with Gasteiger partial charge in [-0.05, 0) is 42.7 Å². The molecule has 1 saturated heterocycles. The summed E-state index contributed by atoms with van der Waals surface area (Å²) in [6, 6.07) is 11.9. The van der Waals surface area contributed by atoms with Crippen molar-refractivity contribution in [1.82, 2.24) is 14.6 Å². The van der Waals surface area contributed by atoms with Crippen molar-refractivity contribution in [2.24, 2.45) is 0 Å². The monoisotopic (exact) mass is 371 g/mol. The molecule has 2 aromatic rings. The molecule has 1 aliphatic heterocycles. The highest BCUT2D eigenvalue weighted by Gasteiger charge is 2.25. The third-order valence-corrected chi connectivity index (χ3v) is 5.82. The van der Waals surface area contributed by atoms with E-state index >= 15 is 0 Å². The number of rotatable bonds is 5. The van der Waals surface area contributed by atoms with Gasteiger partial charge in [0.2, 0.25) is 15.9 Å². The molecule has 1 fully saturated rings. The average molecular weight is 371 g/mol. The lowest BCUT2D eigenvalue weighted by Gasteiger charge is -2.31. The van der Waals surface area contributed by atoms with Gasteiger partial charge in [0.1, 0.15) is 0 Å². The molecule has 1 aliphatic rings. The Labute approximate surface area is 153 Å². The molecule has 3 rings (SSSR count). The molecule has 7 heteroatoms. The van der Waals surface area contributed by atoms with Gasteiger partial charge in [0, 0.05) is 37.6 Å². The maximum atomic E-state index is 12.4. The Balaban J connectivity index is 1.53. The summed E-state index contributed by atoms with van der Waals surface area (Å²) in [6.45, 7) is 1.05. The number of piperidine rings is 1. The van der Waals surface area contributed by atoms with Gasteiger partial charge in [0.15, 0.2) is 0 Å². The van der Waals surface area contributed by atoms with Gasteiger partial charge in [0.25, 0.3) is 0 Å². The minimum Gasteiger partial charge on any atom is -0.339 e. The molecule has 0 radical (unpaired) electrons. The van der Waals surface area contributed by atoms with Crippen LogP contribution in [0.4, 0.5) is 0 Å². The fourth-order valence-corrected chi connectivity index (χ4v) is 4.18. The fraction of sp³-hybridized carbons (Fsp3) is 0.263. The maximum Gasteiger partial charge on any atom is 0.246 e. The number of sulfonamides is 1. The topological polar surface area (TPSA) is 79.4 Å². The first kappa shape index (κ1) is 18.3. The number of hydrogen-bond donors (Lipinski definition) is 1. The SMILES string of the molecule is O=C(/C=C/c1cccnc1)N1CCC(NS(=O)(=O)c2ccccc2)CC1. The Bertz CT molecular complexity index is 859. The first-order chi connectivity index (χ1) is 12.5. The van der Waals surface area contributed by atoms with Crippen molar-refractivity contribution in [3.63, 3.8) is 0 Å². The van der Waals surface area contributed by atoms with E-state index in [4.69, 9.17) is 0 Å². The van der Waals surface area contributed by atoms with E-state index in [0.29, 0.717) is 25.9 Å². The maximum absolute atomic E-state index is 12.4. The molecule has 0 aliphatic carbocycles. The van der Waals surface area contributed by atoms with E-state index in [9.17, 15) is 13.2 Å². The highest BCUT2D eigenvalue weighted by molar-refractivity contribution is 7.89. The Morgan fingerprint density at radius 3 is 2.50 bits per heavy atom. The minimum absolute atomic E-state index is 0.0711. The quantitative estimate of drug-likeness (QED) is 0.816. The van der Waals surface area contributed by atoms with E-state index in [1.807, 2.05) is 12.1 Å². The van der Waals surface area contributed by atoms with Crippen LogP contribution in [0.5, 0.6) is 0 Å². The molecular weight excluding hydrogens is 350 g/mol. The first-order valence-electron chi connectivity index (χ1n) is 8.49. The molecule has 1 aromatic heterocycles. The predicted octanol–water partition coefficient (Wildman–Crippen LogP) is 2.06. The largest absolute Gasteiger partial charge is 0.339 e. The minimum atomic E-state index is -3.52. The lowest BCUT2D eigenvalue weighted by molar-refractivity contribution is -0.126. The van der Waals surface area contributed by atoms with Crippen LogP contribution in [0.1, 0.15) is 18.4 Å². The normalized spacial score (nSPS) is 16.1. The number of nitrogens with one attached hydrogen (secondary N) is 1. The van der Waals surface area contributed by atoms with Crippen LogP contribution in [0.3, 0.4) is 0 Å². The first-order valence-corrected chi connectivity index (χ1v) is 9.97. The van der Waals surface area contributed by atoms with Crippen molar-refractivity contribution in [2.45, 2.75) is 23.8 Å². The number of benzene rings is 1. The van der Waals surface area contributed by atoms with Gasteiger partial charge >= 0.3 is 0 Å². The van der Waals surface area contributed by atoms with E-state index in [1.54, 1.807) is 53.7 Å². The second kappa shape index (κ2) is 8.25. The third kappa shape index (κ3) is 4.77. The summed E-state index contributed by atoms with van der Waals surface area (Å²) in [6.07, 6.45) is 7.83. The van der Waals surface area contributed by atoms with Crippen LogP contribution in [0.2, 0.25) is 0 Å². The number of nitrogens with zero attached hydrogens (tertiary/aromatic N) is 2. The number of hydrogen-bond acceptors (Lipinski definition) is 4. The van der Waals surface area contributed by atoms with Crippen LogP contribution >= 0.6 is 0 Å². The van der Waals surface area contributed by atoms with Crippen LogP contribution in [-0.4, -0.2) is 43.3 Å². The molecule has 6 nitrogen and oxygen atoms in total. The standard InChI is InChI=1S/C19H21N3O3S/c23-19(9-8-16-5-4-12-20-15-16)22-13-10-17(11-14-22)21-26(24,25)18-6-2-1-3-7-18/h1-9,12,15,17,21H,10-11,13-14H2/b9-8+. The number of aromatic nitrogens is 1. The molecule has 1 aromatic carbocycles. The fourth-order valence-electron chi connectivity index (χ4n) is 2.85. The van der Waals surface area contributed by atoms with Crippen molar-refractivity contribution in [3.05, 3.63) is 66.5 Å². The van der Waals surface area contributed by atoms with Gasteiger partial charge in [-0.15, -0.1) is 0 Å². The van der Waals surface area contributed by atoms with Crippen molar-refractivity contribution in [2.75, 3.05) is 13.1 Å². The van der Waals surface area contributed by atoms with E-state index in [0.717, 1.165) is 5.56 Å². The van der Waals surface area contributed by atoms with Crippen LogP contribution < -0.4 is 4.72 Å². The smallest absolute Gasteiger partial charge is 0.246 e. The number of carbonyl (C=O) groups excluding carboxylic acids is 1. The van der Waals surface area contributed by atoms with Crippen LogP contribution in [0.15, 0.2) is 65.8 Å². The summed E-state index contributed by atoms with van der Waals surface area (Å²) in [4.78, 5) is 18.3. The molecule has 0 spiro atoms. The number of carbonyl (C=O) groups is 1. The highest BCUT2D eigenvalue weighted by atomic mass is 32.2. The molecule has 26 heavy (non-hydrogen) atoms. The van der Waals surface area contributed by atoms with Gasteiger partial charge in [-0.25, -0.2) is 13.1 Å². The molecule has 0 unspecified atom stereocenters. The van der Waals surface area contributed by atoms with Gasteiger partial charge in [-0.3, -0.25) is 9.78 Å². The Hall–Kier alpha value is -2.51. The number of likely N-dealkylation sites (tertiary alicyclic amines) is 1. The van der Waals surface area contributed by atoms with E-state index in [1.165, 1.54) is 6.08 Å².